The molecule has 3 aromatic rings. The predicted octanol–water partition coefficient (Wildman–Crippen LogP) is 4.20. The maximum absolute atomic E-state index is 12.0. The summed E-state index contributed by atoms with van der Waals surface area (Å²) in [6.07, 6.45) is 6.61. The van der Waals surface area contributed by atoms with E-state index in [2.05, 4.69) is 36.3 Å². The van der Waals surface area contributed by atoms with Crippen molar-refractivity contribution in [3.63, 3.8) is 0 Å². The van der Waals surface area contributed by atoms with Gasteiger partial charge in [-0.2, -0.15) is 5.10 Å². The first kappa shape index (κ1) is 16.7. The molecule has 0 amide bonds. The summed E-state index contributed by atoms with van der Waals surface area (Å²) in [7, 11) is 1.79. The van der Waals surface area contributed by atoms with Crippen LogP contribution in [0.15, 0.2) is 67.0 Å². The first-order valence-electron chi connectivity index (χ1n) is 8.09. The van der Waals surface area contributed by atoms with E-state index in [-0.39, 0.29) is 5.78 Å². The van der Waals surface area contributed by atoms with Crippen LogP contribution in [0, 0.1) is 6.92 Å². The second kappa shape index (κ2) is 7.62. The van der Waals surface area contributed by atoms with E-state index < -0.39 is 0 Å². The van der Waals surface area contributed by atoms with Crippen molar-refractivity contribution in [3.05, 3.63) is 89.3 Å². The Balaban J connectivity index is 1.57. The van der Waals surface area contributed by atoms with Crippen LogP contribution in [0.25, 0.3) is 6.08 Å². The third-order valence-electron chi connectivity index (χ3n) is 3.82. The van der Waals surface area contributed by atoms with Crippen molar-refractivity contribution in [2.75, 3.05) is 0 Å². The van der Waals surface area contributed by atoms with Crippen molar-refractivity contribution < 1.29 is 9.53 Å². The predicted molar refractivity (Wildman–Crippen MR) is 98.5 cm³/mol. The number of aromatic nitrogens is 2. The Hall–Kier alpha value is -3.14. The second-order valence-electron chi connectivity index (χ2n) is 5.94. The summed E-state index contributed by atoms with van der Waals surface area (Å²) >= 11 is 0. The second-order valence-corrected chi connectivity index (χ2v) is 5.94. The molecular formula is C21H20N2O2. The molecule has 0 unspecified atom stereocenters. The van der Waals surface area contributed by atoms with Crippen molar-refractivity contribution in [1.29, 1.82) is 0 Å². The lowest BCUT2D eigenvalue weighted by molar-refractivity contribution is 0.104. The number of aryl methyl sites for hydroxylation is 2. The van der Waals surface area contributed by atoms with E-state index in [0.717, 1.165) is 16.9 Å². The van der Waals surface area contributed by atoms with Gasteiger partial charge in [0, 0.05) is 13.2 Å². The van der Waals surface area contributed by atoms with Crippen LogP contribution in [0.4, 0.5) is 0 Å². The van der Waals surface area contributed by atoms with Gasteiger partial charge in [0.1, 0.15) is 12.4 Å². The molecule has 0 spiro atoms. The number of carbonyl (C=O) groups is 1. The minimum Gasteiger partial charge on any atom is -0.489 e. The molecule has 0 saturated heterocycles. The molecule has 0 aliphatic carbocycles. The summed E-state index contributed by atoms with van der Waals surface area (Å²) in [6.45, 7) is 2.60. The lowest BCUT2D eigenvalue weighted by Crippen LogP contribution is -1.95. The van der Waals surface area contributed by atoms with Crippen molar-refractivity contribution in [2.24, 2.45) is 7.05 Å². The van der Waals surface area contributed by atoms with E-state index in [1.165, 1.54) is 5.56 Å². The zero-order valence-electron chi connectivity index (χ0n) is 14.3. The summed E-state index contributed by atoms with van der Waals surface area (Å²) < 4.78 is 7.39. The van der Waals surface area contributed by atoms with E-state index >= 15 is 0 Å². The van der Waals surface area contributed by atoms with Gasteiger partial charge in [-0.3, -0.25) is 9.48 Å². The van der Waals surface area contributed by atoms with E-state index in [4.69, 9.17) is 4.74 Å². The first-order valence-corrected chi connectivity index (χ1v) is 8.09. The molecule has 0 N–H and O–H groups in total. The summed E-state index contributed by atoms with van der Waals surface area (Å²) in [5, 5.41) is 4.00. The maximum atomic E-state index is 12.0. The number of rotatable bonds is 6. The SMILES string of the molecule is Cc1ccc(COc2ccc(/C=C/C(=O)c3cnn(C)c3)cc2)cc1. The topological polar surface area (TPSA) is 44.1 Å². The molecule has 0 bridgehead atoms. The fourth-order valence-corrected chi connectivity index (χ4v) is 2.34. The molecule has 4 heteroatoms. The van der Waals surface area contributed by atoms with Crippen molar-refractivity contribution in [3.8, 4) is 5.75 Å². The largest absolute Gasteiger partial charge is 0.489 e. The van der Waals surface area contributed by atoms with Gasteiger partial charge in [0.05, 0.1) is 11.8 Å². The normalized spacial score (nSPS) is 11.0. The number of hydrogen-bond acceptors (Lipinski definition) is 3. The summed E-state index contributed by atoms with van der Waals surface area (Å²) in [5.41, 5.74) is 3.90. The average Bonchev–Trinajstić information content (AvgIpc) is 3.07. The van der Waals surface area contributed by atoms with Crippen LogP contribution in [0.5, 0.6) is 5.75 Å². The van der Waals surface area contributed by atoms with E-state index in [9.17, 15) is 4.79 Å². The van der Waals surface area contributed by atoms with Gasteiger partial charge in [0.2, 0.25) is 0 Å². The molecule has 0 radical (unpaired) electrons. The van der Waals surface area contributed by atoms with E-state index in [0.29, 0.717) is 12.2 Å². The van der Waals surface area contributed by atoms with Crippen LogP contribution in [0.2, 0.25) is 0 Å². The lowest BCUT2D eigenvalue weighted by atomic mass is 10.1. The van der Waals surface area contributed by atoms with Gasteiger partial charge in [0.15, 0.2) is 5.78 Å². The Morgan fingerprint density at radius 3 is 2.48 bits per heavy atom. The smallest absolute Gasteiger partial charge is 0.189 e. The Morgan fingerprint density at radius 2 is 1.84 bits per heavy atom. The average molecular weight is 332 g/mol. The molecule has 1 heterocycles. The fraction of sp³-hybridized carbons (Fsp3) is 0.143. The number of ether oxygens (including phenoxy) is 1. The number of carbonyl (C=O) groups excluding carboxylic acids is 1. The Kier molecular flexibility index (Phi) is 5.09. The molecule has 1 aromatic heterocycles. The highest BCUT2D eigenvalue weighted by Gasteiger charge is 2.03. The third-order valence-corrected chi connectivity index (χ3v) is 3.82. The number of ketones is 1. The summed E-state index contributed by atoms with van der Waals surface area (Å²) in [5.74, 6) is 0.740. The van der Waals surface area contributed by atoms with Crippen molar-refractivity contribution >= 4 is 11.9 Å². The third kappa shape index (κ3) is 4.67. The highest BCUT2D eigenvalue weighted by molar-refractivity contribution is 6.06. The van der Waals surface area contributed by atoms with Gasteiger partial charge in [-0.15, -0.1) is 0 Å². The molecule has 0 atom stereocenters. The molecule has 2 aromatic carbocycles. The van der Waals surface area contributed by atoms with Crippen LogP contribution in [0.3, 0.4) is 0 Å². The van der Waals surface area contributed by atoms with Crippen molar-refractivity contribution in [2.45, 2.75) is 13.5 Å². The molecule has 0 aliphatic heterocycles. The zero-order valence-corrected chi connectivity index (χ0v) is 14.3. The lowest BCUT2D eigenvalue weighted by Gasteiger charge is -2.07. The van der Waals surface area contributed by atoms with Gasteiger partial charge in [0.25, 0.3) is 0 Å². The van der Waals surface area contributed by atoms with Gasteiger partial charge in [-0.05, 0) is 36.3 Å². The number of hydrogen-bond donors (Lipinski definition) is 0. The Bertz CT molecular complexity index is 875. The van der Waals surface area contributed by atoms with E-state index in [1.54, 1.807) is 36.3 Å². The minimum absolute atomic E-state index is 0.0622. The molecule has 0 fully saturated rings. The van der Waals surface area contributed by atoms with Gasteiger partial charge < -0.3 is 4.74 Å². The standard InChI is InChI=1S/C21H20N2O2/c1-16-3-5-18(6-4-16)15-25-20-10-7-17(8-11-20)9-12-21(24)19-13-22-23(2)14-19/h3-14H,15H2,1-2H3/b12-9+. The maximum Gasteiger partial charge on any atom is 0.189 e. The summed E-state index contributed by atoms with van der Waals surface area (Å²) in [4.78, 5) is 12.0. The molecule has 4 nitrogen and oxygen atoms in total. The highest BCUT2D eigenvalue weighted by atomic mass is 16.5. The molecule has 126 valence electrons. The minimum atomic E-state index is -0.0622. The van der Waals surface area contributed by atoms with Crippen LogP contribution < -0.4 is 4.74 Å². The molecule has 0 aliphatic rings. The highest BCUT2D eigenvalue weighted by Crippen LogP contribution is 2.15. The van der Waals surface area contributed by atoms with Gasteiger partial charge in [-0.25, -0.2) is 0 Å². The van der Waals surface area contributed by atoms with Crippen LogP contribution in [0.1, 0.15) is 27.0 Å². The van der Waals surface area contributed by atoms with Crippen LogP contribution in [-0.4, -0.2) is 15.6 Å². The first-order chi connectivity index (χ1) is 12.1. The number of nitrogens with zero attached hydrogens (tertiary/aromatic N) is 2. The molecule has 0 saturated carbocycles. The summed E-state index contributed by atoms with van der Waals surface area (Å²) in [6, 6.07) is 15.9. The van der Waals surface area contributed by atoms with Gasteiger partial charge in [-0.1, -0.05) is 48.0 Å². The fourth-order valence-electron chi connectivity index (χ4n) is 2.34. The van der Waals surface area contributed by atoms with E-state index in [1.807, 2.05) is 24.3 Å². The van der Waals surface area contributed by atoms with Crippen LogP contribution in [-0.2, 0) is 13.7 Å². The number of benzene rings is 2. The Morgan fingerprint density at radius 1 is 1.12 bits per heavy atom. The van der Waals surface area contributed by atoms with Crippen molar-refractivity contribution in [1.82, 2.24) is 9.78 Å². The zero-order chi connectivity index (χ0) is 17.6. The number of allylic oxidation sites excluding steroid dienone is 1. The molecule has 3 rings (SSSR count). The van der Waals surface area contributed by atoms with Crippen LogP contribution >= 0.6 is 0 Å². The molecule has 25 heavy (non-hydrogen) atoms. The quantitative estimate of drug-likeness (QED) is 0.502. The van der Waals surface area contributed by atoms with Gasteiger partial charge >= 0.3 is 0 Å². The Labute approximate surface area is 147 Å². The molecular weight excluding hydrogens is 312 g/mol. The monoisotopic (exact) mass is 332 g/mol.